The Balaban J connectivity index is 2.36. The number of carbonyl (C=O) groups excluding carboxylic acids is 2. The molecule has 0 aliphatic heterocycles. The van der Waals surface area contributed by atoms with Gasteiger partial charge in [0.05, 0.1) is 11.9 Å². The van der Waals surface area contributed by atoms with Crippen LogP contribution < -0.4 is 9.62 Å². The number of aryl methyl sites for hydroxylation is 1. The van der Waals surface area contributed by atoms with Crippen LogP contribution in [0.1, 0.15) is 38.8 Å². The summed E-state index contributed by atoms with van der Waals surface area (Å²) in [4.78, 5) is 27.8. The third kappa shape index (κ3) is 8.02. The van der Waals surface area contributed by atoms with Gasteiger partial charge in [0, 0.05) is 17.1 Å². The van der Waals surface area contributed by atoms with E-state index in [4.69, 9.17) is 11.6 Å². The Morgan fingerprint density at radius 1 is 1.09 bits per heavy atom. The molecule has 0 aliphatic carbocycles. The van der Waals surface area contributed by atoms with E-state index in [1.807, 2.05) is 51.1 Å². The second-order valence-electron chi connectivity index (χ2n) is 9.44. The van der Waals surface area contributed by atoms with E-state index in [0.717, 1.165) is 16.1 Å². The minimum atomic E-state index is -3.78. The fourth-order valence-electron chi connectivity index (χ4n) is 3.54. The van der Waals surface area contributed by atoms with Crippen molar-refractivity contribution in [3.63, 3.8) is 0 Å². The van der Waals surface area contributed by atoms with Crippen molar-refractivity contribution in [1.82, 2.24) is 10.2 Å². The van der Waals surface area contributed by atoms with Gasteiger partial charge >= 0.3 is 0 Å². The SMILES string of the molecule is Cc1cc(Cl)ccc1N(CC(=O)N(CCc1ccccc1)C(C)C(=O)NC(C)(C)C)S(C)(=O)=O. The summed E-state index contributed by atoms with van der Waals surface area (Å²) in [5.41, 5.74) is 1.53. The quantitative estimate of drug-likeness (QED) is 0.559. The first-order valence-electron chi connectivity index (χ1n) is 11.1. The lowest BCUT2D eigenvalue weighted by atomic mass is 10.1. The van der Waals surface area contributed by atoms with Gasteiger partial charge in [-0.3, -0.25) is 13.9 Å². The van der Waals surface area contributed by atoms with Crippen molar-refractivity contribution in [3.8, 4) is 0 Å². The van der Waals surface area contributed by atoms with Gasteiger partial charge < -0.3 is 10.2 Å². The molecule has 9 heteroatoms. The number of sulfonamides is 1. The minimum absolute atomic E-state index is 0.263. The molecule has 0 heterocycles. The monoisotopic (exact) mass is 507 g/mol. The first-order valence-corrected chi connectivity index (χ1v) is 13.3. The number of amides is 2. The van der Waals surface area contributed by atoms with Crippen LogP contribution in [-0.4, -0.2) is 56.1 Å². The van der Waals surface area contributed by atoms with E-state index in [0.29, 0.717) is 22.7 Å². The number of carbonyl (C=O) groups is 2. The van der Waals surface area contributed by atoms with Crippen LogP contribution in [0.25, 0.3) is 0 Å². The van der Waals surface area contributed by atoms with Crippen molar-refractivity contribution in [1.29, 1.82) is 0 Å². The Bertz CT molecular complexity index is 1110. The number of hydrogen-bond acceptors (Lipinski definition) is 4. The van der Waals surface area contributed by atoms with E-state index in [1.165, 1.54) is 4.90 Å². The summed E-state index contributed by atoms with van der Waals surface area (Å²) in [7, 11) is -3.78. The van der Waals surface area contributed by atoms with E-state index in [1.54, 1.807) is 32.0 Å². The van der Waals surface area contributed by atoms with Crippen molar-refractivity contribution in [2.45, 2.75) is 52.6 Å². The van der Waals surface area contributed by atoms with Gasteiger partial charge in [0.2, 0.25) is 21.8 Å². The molecule has 0 aromatic heterocycles. The zero-order chi connectivity index (χ0) is 25.7. The summed E-state index contributed by atoms with van der Waals surface area (Å²) in [6, 6.07) is 13.6. The average molecular weight is 508 g/mol. The van der Waals surface area contributed by atoms with Gasteiger partial charge in [-0.05, 0) is 70.4 Å². The molecule has 7 nitrogen and oxygen atoms in total. The van der Waals surface area contributed by atoms with Crippen LogP contribution >= 0.6 is 11.6 Å². The number of hydrogen-bond donors (Lipinski definition) is 1. The van der Waals surface area contributed by atoms with Crippen LogP contribution in [0.3, 0.4) is 0 Å². The minimum Gasteiger partial charge on any atom is -0.350 e. The Labute approximate surface area is 208 Å². The number of nitrogens with zero attached hydrogens (tertiary/aromatic N) is 2. The smallest absolute Gasteiger partial charge is 0.244 e. The Morgan fingerprint density at radius 3 is 2.24 bits per heavy atom. The molecule has 2 aromatic rings. The van der Waals surface area contributed by atoms with Crippen molar-refractivity contribution in [2.75, 3.05) is 23.7 Å². The number of rotatable bonds is 9. The molecule has 0 spiro atoms. The van der Waals surface area contributed by atoms with Gasteiger partial charge in [-0.2, -0.15) is 0 Å². The van der Waals surface area contributed by atoms with Crippen LogP contribution in [0.4, 0.5) is 5.69 Å². The topological polar surface area (TPSA) is 86.8 Å². The molecule has 2 amide bonds. The Kier molecular flexibility index (Phi) is 9.14. The maximum absolute atomic E-state index is 13.5. The lowest BCUT2D eigenvalue weighted by Crippen LogP contribution is -2.55. The van der Waals surface area contributed by atoms with Gasteiger partial charge in [-0.25, -0.2) is 8.42 Å². The third-order valence-corrected chi connectivity index (χ3v) is 6.62. The first-order chi connectivity index (χ1) is 15.7. The highest BCUT2D eigenvalue weighted by Gasteiger charge is 2.31. The summed E-state index contributed by atoms with van der Waals surface area (Å²) in [5.74, 6) is -0.769. The number of anilines is 1. The van der Waals surface area contributed by atoms with Crippen LogP contribution in [0, 0.1) is 6.92 Å². The molecule has 0 bridgehead atoms. The van der Waals surface area contributed by atoms with Crippen molar-refractivity contribution in [2.24, 2.45) is 0 Å². The summed E-state index contributed by atoms with van der Waals surface area (Å²) >= 11 is 6.03. The van der Waals surface area contributed by atoms with Crippen molar-refractivity contribution < 1.29 is 18.0 Å². The second kappa shape index (κ2) is 11.2. The summed E-state index contributed by atoms with van der Waals surface area (Å²) in [6.45, 7) is 8.81. The van der Waals surface area contributed by atoms with Gasteiger partial charge in [0.25, 0.3) is 0 Å². The zero-order valence-electron chi connectivity index (χ0n) is 20.6. The molecule has 0 fully saturated rings. The summed E-state index contributed by atoms with van der Waals surface area (Å²) in [6.07, 6.45) is 1.58. The van der Waals surface area contributed by atoms with Gasteiger partial charge in [0.1, 0.15) is 12.6 Å². The molecule has 0 saturated carbocycles. The normalized spacial score (nSPS) is 12.7. The van der Waals surface area contributed by atoms with E-state index in [9.17, 15) is 18.0 Å². The molecule has 1 N–H and O–H groups in total. The predicted octanol–water partition coefficient (Wildman–Crippen LogP) is 3.79. The Morgan fingerprint density at radius 2 is 1.71 bits per heavy atom. The Hall–Kier alpha value is -2.58. The lowest BCUT2D eigenvalue weighted by molar-refractivity contribution is -0.139. The number of benzene rings is 2. The van der Waals surface area contributed by atoms with Crippen molar-refractivity contribution in [3.05, 3.63) is 64.7 Å². The van der Waals surface area contributed by atoms with Crippen LogP contribution in [0.5, 0.6) is 0 Å². The first kappa shape index (κ1) is 27.7. The fraction of sp³-hybridized carbons (Fsp3) is 0.440. The van der Waals surface area contributed by atoms with Crippen LogP contribution in [0.2, 0.25) is 5.02 Å². The van der Waals surface area contributed by atoms with Crippen molar-refractivity contribution >= 4 is 39.1 Å². The average Bonchev–Trinajstić information content (AvgIpc) is 2.71. The van der Waals surface area contributed by atoms with Crippen LogP contribution in [-0.2, 0) is 26.0 Å². The van der Waals surface area contributed by atoms with Crippen LogP contribution in [0.15, 0.2) is 48.5 Å². The third-order valence-electron chi connectivity index (χ3n) is 5.26. The number of halogens is 1. The van der Waals surface area contributed by atoms with Gasteiger partial charge in [-0.1, -0.05) is 41.9 Å². The maximum Gasteiger partial charge on any atom is 0.244 e. The highest BCUT2D eigenvalue weighted by atomic mass is 35.5. The van der Waals surface area contributed by atoms with Gasteiger partial charge in [-0.15, -0.1) is 0 Å². The molecule has 2 rings (SSSR count). The second-order valence-corrected chi connectivity index (χ2v) is 11.8. The lowest BCUT2D eigenvalue weighted by Gasteiger charge is -2.33. The van der Waals surface area contributed by atoms with E-state index >= 15 is 0 Å². The number of nitrogens with one attached hydrogen (secondary N) is 1. The molecule has 34 heavy (non-hydrogen) atoms. The molecule has 0 aliphatic rings. The molecular formula is C25H34ClN3O4S. The largest absolute Gasteiger partial charge is 0.350 e. The molecule has 1 unspecified atom stereocenters. The molecule has 1 atom stereocenters. The van der Waals surface area contributed by atoms with E-state index in [2.05, 4.69) is 5.32 Å². The molecular weight excluding hydrogens is 474 g/mol. The molecule has 2 aromatic carbocycles. The standard InChI is InChI=1S/C25H34ClN3O4S/c1-18-16-21(26)12-13-22(18)29(34(6,32)33)17-23(30)28(15-14-20-10-8-7-9-11-20)19(2)24(31)27-25(3,4)5/h7-13,16,19H,14-15,17H2,1-6H3,(H,27,31). The highest BCUT2D eigenvalue weighted by molar-refractivity contribution is 7.92. The molecule has 186 valence electrons. The zero-order valence-corrected chi connectivity index (χ0v) is 22.2. The maximum atomic E-state index is 13.5. The van der Waals surface area contributed by atoms with E-state index < -0.39 is 34.1 Å². The summed E-state index contributed by atoms with van der Waals surface area (Å²) in [5, 5.41) is 3.37. The summed E-state index contributed by atoms with van der Waals surface area (Å²) < 4.78 is 26.3. The fourth-order valence-corrected chi connectivity index (χ4v) is 4.67. The predicted molar refractivity (Wildman–Crippen MR) is 138 cm³/mol. The highest BCUT2D eigenvalue weighted by Crippen LogP contribution is 2.26. The molecule has 0 radical (unpaired) electrons. The van der Waals surface area contributed by atoms with Gasteiger partial charge in [0.15, 0.2) is 0 Å². The van der Waals surface area contributed by atoms with E-state index in [-0.39, 0.29) is 12.5 Å². The molecule has 0 saturated heterocycles.